The molecule has 7 heteroatoms. The van der Waals surface area contributed by atoms with Crippen molar-refractivity contribution in [1.29, 1.82) is 0 Å². The van der Waals surface area contributed by atoms with Gasteiger partial charge >= 0.3 is 0 Å². The van der Waals surface area contributed by atoms with Crippen molar-refractivity contribution in [3.05, 3.63) is 59.1 Å². The van der Waals surface area contributed by atoms with Crippen LogP contribution in [0.15, 0.2) is 53.4 Å². The van der Waals surface area contributed by atoms with Gasteiger partial charge in [-0.2, -0.15) is 0 Å². The van der Waals surface area contributed by atoms with Gasteiger partial charge in [-0.1, -0.05) is 25.4 Å². The molecule has 26 heavy (non-hydrogen) atoms. The summed E-state index contributed by atoms with van der Waals surface area (Å²) in [5, 5.41) is 0.527. The average molecular weight is 395 g/mol. The number of sulfonamides is 1. The molecule has 0 aliphatic rings. The van der Waals surface area contributed by atoms with Crippen molar-refractivity contribution >= 4 is 33.2 Å². The zero-order valence-electron chi connectivity index (χ0n) is 14.9. The summed E-state index contributed by atoms with van der Waals surface area (Å²) in [6, 6.07) is 12.4. The molecule has 5 nitrogen and oxygen atoms in total. The van der Waals surface area contributed by atoms with Crippen molar-refractivity contribution in [2.45, 2.75) is 31.6 Å². The highest BCUT2D eigenvalue weighted by Crippen LogP contribution is 2.19. The van der Waals surface area contributed by atoms with E-state index < -0.39 is 10.0 Å². The van der Waals surface area contributed by atoms with Gasteiger partial charge in [0.05, 0.1) is 4.90 Å². The second-order valence-corrected chi connectivity index (χ2v) is 8.05. The fourth-order valence-electron chi connectivity index (χ4n) is 2.55. The predicted molar refractivity (Wildman–Crippen MR) is 105 cm³/mol. The lowest BCUT2D eigenvalue weighted by Gasteiger charge is -2.21. The van der Waals surface area contributed by atoms with Gasteiger partial charge in [-0.25, -0.2) is 8.42 Å². The van der Waals surface area contributed by atoms with E-state index in [0.717, 1.165) is 12.8 Å². The smallest absolute Gasteiger partial charge is 0.261 e. The van der Waals surface area contributed by atoms with Crippen LogP contribution in [-0.2, 0) is 10.0 Å². The number of hydrogen-bond acceptors (Lipinski definition) is 3. The fraction of sp³-hybridized carbons (Fsp3) is 0.316. The van der Waals surface area contributed by atoms with Gasteiger partial charge in [-0.15, -0.1) is 0 Å². The van der Waals surface area contributed by atoms with Crippen molar-refractivity contribution in [3.63, 3.8) is 0 Å². The molecule has 0 spiro atoms. The molecule has 0 aliphatic heterocycles. The van der Waals surface area contributed by atoms with Crippen LogP contribution in [0.5, 0.6) is 0 Å². The number of benzene rings is 2. The number of hydrogen-bond donors (Lipinski definition) is 1. The standard InChI is InChI=1S/C19H23ClN2O3S/c1-3-13-22(14-4-2)19(23)15-5-11-18(12-6-15)26(24,25)21-17-9-7-16(20)8-10-17/h5-12,21H,3-4,13-14H2,1-2H3. The summed E-state index contributed by atoms with van der Waals surface area (Å²) in [7, 11) is -3.73. The molecule has 1 N–H and O–H groups in total. The molecule has 0 aromatic heterocycles. The Hall–Kier alpha value is -2.05. The van der Waals surface area contributed by atoms with Gasteiger partial charge in [-0.3, -0.25) is 9.52 Å². The number of amides is 1. The Bertz CT molecular complexity index is 828. The zero-order chi connectivity index (χ0) is 19.2. The number of anilines is 1. The lowest BCUT2D eigenvalue weighted by molar-refractivity contribution is 0.0755. The van der Waals surface area contributed by atoms with Crippen LogP contribution >= 0.6 is 11.6 Å². The SMILES string of the molecule is CCCN(CCC)C(=O)c1ccc(S(=O)(=O)Nc2ccc(Cl)cc2)cc1. The highest BCUT2D eigenvalue weighted by Gasteiger charge is 2.17. The number of halogens is 1. The van der Waals surface area contributed by atoms with E-state index in [9.17, 15) is 13.2 Å². The van der Waals surface area contributed by atoms with Crippen LogP contribution in [0.2, 0.25) is 5.02 Å². The predicted octanol–water partition coefficient (Wildman–Crippen LogP) is 4.40. The van der Waals surface area contributed by atoms with Gasteiger partial charge in [-0.05, 0) is 61.4 Å². The van der Waals surface area contributed by atoms with E-state index in [4.69, 9.17) is 11.6 Å². The minimum Gasteiger partial charge on any atom is -0.339 e. The molecule has 0 unspecified atom stereocenters. The molecule has 0 fully saturated rings. The summed E-state index contributed by atoms with van der Waals surface area (Å²) >= 11 is 5.80. The van der Waals surface area contributed by atoms with Crippen LogP contribution in [0.25, 0.3) is 0 Å². The second-order valence-electron chi connectivity index (χ2n) is 5.93. The van der Waals surface area contributed by atoms with Gasteiger partial charge in [0.1, 0.15) is 0 Å². The van der Waals surface area contributed by atoms with Crippen LogP contribution in [0, 0.1) is 0 Å². The summed E-state index contributed by atoms with van der Waals surface area (Å²) in [4.78, 5) is 14.4. The molecule has 140 valence electrons. The highest BCUT2D eigenvalue weighted by atomic mass is 35.5. The van der Waals surface area contributed by atoms with Gasteiger partial charge in [0.2, 0.25) is 0 Å². The van der Waals surface area contributed by atoms with E-state index in [1.807, 2.05) is 13.8 Å². The van der Waals surface area contributed by atoms with Gasteiger partial charge < -0.3 is 4.90 Å². The van der Waals surface area contributed by atoms with Crippen LogP contribution in [0.4, 0.5) is 5.69 Å². The van der Waals surface area contributed by atoms with E-state index >= 15 is 0 Å². The van der Waals surface area contributed by atoms with Crippen LogP contribution in [-0.4, -0.2) is 32.3 Å². The summed E-state index contributed by atoms with van der Waals surface area (Å²) in [6.45, 7) is 5.41. The van der Waals surface area contributed by atoms with Crippen molar-refractivity contribution in [2.24, 2.45) is 0 Å². The Morgan fingerprint density at radius 2 is 1.50 bits per heavy atom. The fourth-order valence-corrected chi connectivity index (χ4v) is 3.73. The monoisotopic (exact) mass is 394 g/mol. The third-order valence-electron chi connectivity index (χ3n) is 3.78. The largest absolute Gasteiger partial charge is 0.339 e. The van der Waals surface area contributed by atoms with E-state index in [1.165, 1.54) is 12.1 Å². The maximum Gasteiger partial charge on any atom is 0.261 e. The van der Waals surface area contributed by atoms with Gasteiger partial charge in [0, 0.05) is 29.4 Å². The average Bonchev–Trinajstić information content (AvgIpc) is 2.63. The molecule has 0 aliphatic carbocycles. The first-order chi connectivity index (χ1) is 12.4. The number of carbonyl (C=O) groups excluding carboxylic acids is 1. The number of rotatable bonds is 8. The first-order valence-corrected chi connectivity index (χ1v) is 10.4. The minimum atomic E-state index is -3.73. The molecule has 0 bridgehead atoms. The Balaban J connectivity index is 2.16. The van der Waals surface area contributed by atoms with Crippen molar-refractivity contribution in [2.75, 3.05) is 17.8 Å². The Morgan fingerprint density at radius 3 is 2.00 bits per heavy atom. The lowest BCUT2D eigenvalue weighted by Crippen LogP contribution is -2.32. The normalized spacial score (nSPS) is 11.2. The van der Waals surface area contributed by atoms with Gasteiger partial charge in [0.15, 0.2) is 0 Å². The van der Waals surface area contributed by atoms with Crippen molar-refractivity contribution < 1.29 is 13.2 Å². The van der Waals surface area contributed by atoms with Crippen LogP contribution in [0.1, 0.15) is 37.0 Å². The quantitative estimate of drug-likeness (QED) is 0.721. The molecule has 0 heterocycles. The molecule has 2 aromatic carbocycles. The first-order valence-electron chi connectivity index (χ1n) is 8.55. The van der Waals surface area contributed by atoms with E-state index in [-0.39, 0.29) is 10.8 Å². The Morgan fingerprint density at radius 1 is 0.962 bits per heavy atom. The summed E-state index contributed by atoms with van der Waals surface area (Å²) in [5.74, 6) is -0.0803. The summed E-state index contributed by atoms with van der Waals surface area (Å²) in [6.07, 6.45) is 1.76. The lowest BCUT2D eigenvalue weighted by atomic mass is 10.2. The molecule has 0 radical (unpaired) electrons. The Kier molecular flexibility index (Phi) is 7.06. The number of carbonyl (C=O) groups is 1. The molecule has 2 aromatic rings. The van der Waals surface area contributed by atoms with E-state index in [0.29, 0.717) is 29.4 Å². The van der Waals surface area contributed by atoms with E-state index in [2.05, 4.69) is 4.72 Å². The third kappa shape index (κ3) is 5.22. The van der Waals surface area contributed by atoms with Gasteiger partial charge in [0.25, 0.3) is 15.9 Å². The number of nitrogens with zero attached hydrogens (tertiary/aromatic N) is 1. The van der Waals surface area contributed by atoms with Crippen LogP contribution < -0.4 is 4.72 Å². The minimum absolute atomic E-state index is 0.0803. The molecular formula is C19H23ClN2O3S. The van der Waals surface area contributed by atoms with E-state index in [1.54, 1.807) is 41.3 Å². The zero-order valence-corrected chi connectivity index (χ0v) is 16.5. The highest BCUT2D eigenvalue weighted by molar-refractivity contribution is 7.92. The summed E-state index contributed by atoms with van der Waals surface area (Å²) < 4.78 is 27.4. The number of nitrogens with one attached hydrogen (secondary N) is 1. The second kappa shape index (κ2) is 9.05. The molecule has 0 saturated carbocycles. The van der Waals surface area contributed by atoms with Crippen LogP contribution in [0.3, 0.4) is 0 Å². The van der Waals surface area contributed by atoms with Crippen molar-refractivity contribution in [3.8, 4) is 0 Å². The molecule has 0 saturated heterocycles. The molecular weight excluding hydrogens is 372 g/mol. The summed E-state index contributed by atoms with van der Waals surface area (Å²) in [5.41, 5.74) is 0.906. The maximum atomic E-state index is 12.6. The molecule has 1 amide bonds. The molecule has 0 atom stereocenters. The molecule has 2 rings (SSSR count). The topological polar surface area (TPSA) is 66.5 Å². The maximum absolute atomic E-state index is 12.6. The van der Waals surface area contributed by atoms with Crippen molar-refractivity contribution in [1.82, 2.24) is 4.90 Å². The first kappa shape index (κ1) is 20.3. The Labute approximate surface area is 160 Å². The third-order valence-corrected chi connectivity index (χ3v) is 5.43.